The molecule has 1 unspecified atom stereocenters. The fourth-order valence-corrected chi connectivity index (χ4v) is 0.0833. The number of alkyl halides is 1. The van der Waals surface area contributed by atoms with Crippen LogP contribution in [0.3, 0.4) is 0 Å². The second-order valence-corrected chi connectivity index (χ2v) is 4.21. The molecule has 0 aliphatic carbocycles. The average Bonchev–Trinajstić information content (AvgIpc) is 1.68. The number of rotatable bonds is 2. The molecule has 0 heterocycles. The minimum Gasteiger partial charge on any atom is -0.302 e. The van der Waals surface area contributed by atoms with Crippen molar-refractivity contribution in [2.45, 2.75) is 23.7 Å². The summed E-state index contributed by atoms with van der Waals surface area (Å²) in [5.41, 5.74) is 0. The Kier molecular flexibility index (Phi) is 2.80. The van der Waals surface area contributed by atoms with Crippen LogP contribution in [0.15, 0.2) is 0 Å². The van der Waals surface area contributed by atoms with E-state index in [1.54, 1.807) is 0 Å². The molecular formula is C5H9IO. The second kappa shape index (κ2) is 2.64. The first-order valence-electron chi connectivity index (χ1n) is 2.27. The summed E-state index contributed by atoms with van der Waals surface area (Å²) in [6.07, 6.45) is 1.89. The number of aldehydes is 1. The molecule has 0 fully saturated rings. The van der Waals surface area contributed by atoms with Gasteiger partial charge in [-0.05, 0) is 13.3 Å². The Morgan fingerprint density at radius 1 is 1.86 bits per heavy atom. The third kappa shape index (κ3) is 3.02. The second-order valence-electron chi connectivity index (χ2n) is 1.75. The van der Waals surface area contributed by atoms with Crippen molar-refractivity contribution in [1.82, 2.24) is 0 Å². The zero-order valence-electron chi connectivity index (χ0n) is 4.57. The molecular weight excluding hydrogens is 203 g/mol. The van der Waals surface area contributed by atoms with Gasteiger partial charge in [0.1, 0.15) is 6.29 Å². The van der Waals surface area contributed by atoms with E-state index in [0.29, 0.717) is 0 Å². The molecule has 0 N–H and O–H groups in total. The van der Waals surface area contributed by atoms with E-state index in [1.165, 1.54) is 0 Å². The highest BCUT2D eigenvalue weighted by Crippen LogP contribution is 2.17. The third-order valence-corrected chi connectivity index (χ3v) is 1.95. The molecule has 2 heteroatoms. The van der Waals surface area contributed by atoms with Gasteiger partial charge in [-0.3, -0.25) is 0 Å². The summed E-state index contributed by atoms with van der Waals surface area (Å²) in [4.78, 5) is 10.1. The lowest BCUT2D eigenvalue weighted by molar-refractivity contribution is -0.109. The standard InChI is InChI=1S/C5H9IO/c1-3-5(2,6)4-7/h4H,3H2,1-2H3. The third-order valence-electron chi connectivity index (χ3n) is 0.937. The van der Waals surface area contributed by atoms with Gasteiger partial charge in [-0.15, -0.1) is 0 Å². The lowest BCUT2D eigenvalue weighted by atomic mass is 10.1. The van der Waals surface area contributed by atoms with Gasteiger partial charge >= 0.3 is 0 Å². The van der Waals surface area contributed by atoms with Crippen LogP contribution in [-0.2, 0) is 4.79 Å². The highest BCUT2D eigenvalue weighted by molar-refractivity contribution is 14.1. The smallest absolute Gasteiger partial charge is 0.135 e. The number of carbonyl (C=O) groups is 1. The molecule has 0 amide bonds. The Bertz CT molecular complexity index is 68.5. The van der Waals surface area contributed by atoms with E-state index in [2.05, 4.69) is 22.6 Å². The zero-order chi connectivity index (χ0) is 5.91. The van der Waals surface area contributed by atoms with Crippen LogP contribution in [0, 0.1) is 0 Å². The maximum Gasteiger partial charge on any atom is 0.135 e. The van der Waals surface area contributed by atoms with Gasteiger partial charge in [-0.2, -0.15) is 0 Å². The molecule has 0 radical (unpaired) electrons. The Morgan fingerprint density at radius 3 is 2.29 bits per heavy atom. The quantitative estimate of drug-likeness (QED) is 0.387. The normalized spacial score (nSPS) is 18.1. The molecule has 42 valence electrons. The van der Waals surface area contributed by atoms with E-state index in [-0.39, 0.29) is 3.42 Å². The Hall–Kier alpha value is 0.400. The fourth-order valence-electron chi connectivity index (χ4n) is 0.0833. The number of hydrogen-bond donors (Lipinski definition) is 0. The van der Waals surface area contributed by atoms with Crippen molar-refractivity contribution >= 4 is 28.9 Å². The van der Waals surface area contributed by atoms with Crippen molar-refractivity contribution in [3.05, 3.63) is 0 Å². The number of carbonyl (C=O) groups excluding carboxylic acids is 1. The first-order valence-corrected chi connectivity index (χ1v) is 3.35. The van der Waals surface area contributed by atoms with E-state index in [0.717, 1.165) is 12.7 Å². The van der Waals surface area contributed by atoms with E-state index < -0.39 is 0 Å². The molecule has 0 saturated heterocycles. The van der Waals surface area contributed by atoms with Crippen LogP contribution < -0.4 is 0 Å². The number of hydrogen-bond acceptors (Lipinski definition) is 1. The first-order chi connectivity index (χ1) is 3.12. The maximum atomic E-state index is 10.1. The van der Waals surface area contributed by atoms with Crippen LogP contribution in [-0.4, -0.2) is 9.71 Å². The highest BCUT2D eigenvalue weighted by Gasteiger charge is 2.13. The van der Waals surface area contributed by atoms with E-state index >= 15 is 0 Å². The summed E-state index contributed by atoms with van der Waals surface area (Å²) in [5, 5.41) is 0. The molecule has 0 saturated carbocycles. The van der Waals surface area contributed by atoms with Crippen LogP contribution >= 0.6 is 22.6 Å². The summed E-state index contributed by atoms with van der Waals surface area (Å²) < 4.78 is -0.127. The van der Waals surface area contributed by atoms with Crippen LogP contribution in [0.2, 0.25) is 0 Å². The first kappa shape index (κ1) is 7.40. The molecule has 1 nitrogen and oxygen atoms in total. The lowest BCUT2D eigenvalue weighted by Crippen LogP contribution is -2.14. The lowest BCUT2D eigenvalue weighted by Gasteiger charge is -2.08. The molecule has 0 aliphatic rings. The molecule has 0 aromatic heterocycles. The summed E-state index contributed by atoms with van der Waals surface area (Å²) in [7, 11) is 0. The van der Waals surface area contributed by atoms with Gasteiger partial charge in [0.2, 0.25) is 0 Å². The van der Waals surface area contributed by atoms with Crippen molar-refractivity contribution in [2.24, 2.45) is 0 Å². The van der Waals surface area contributed by atoms with E-state index in [1.807, 2.05) is 13.8 Å². The topological polar surface area (TPSA) is 17.1 Å². The summed E-state index contributed by atoms with van der Waals surface area (Å²) in [6, 6.07) is 0. The molecule has 1 atom stereocenters. The molecule has 0 spiro atoms. The van der Waals surface area contributed by atoms with Crippen molar-refractivity contribution in [3.8, 4) is 0 Å². The Balaban J connectivity index is 3.58. The largest absolute Gasteiger partial charge is 0.302 e. The van der Waals surface area contributed by atoms with E-state index in [9.17, 15) is 4.79 Å². The summed E-state index contributed by atoms with van der Waals surface area (Å²) in [6.45, 7) is 3.92. The molecule has 0 aliphatic heterocycles. The molecule has 7 heavy (non-hydrogen) atoms. The Labute approximate surface area is 57.6 Å². The summed E-state index contributed by atoms with van der Waals surface area (Å²) >= 11 is 2.14. The number of halogens is 1. The fraction of sp³-hybridized carbons (Fsp3) is 0.800. The molecule has 0 bridgehead atoms. The highest BCUT2D eigenvalue weighted by atomic mass is 127. The summed E-state index contributed by atoms with van der Waals surface area (Å²) in [5.74, 6) is 0. The van der Waals surface area contributed by atoms with E-state index in [4.69, 9.17) is 0 Å². The average molecular weight is 212 g/mol. The SMILES string of the molecule is CCC(C)(I)C=O. The maximum absolute atomic E-state index is 10.1. The van der Waals surface area contributed by atoms with Gasteiger partial charge in [0, 0.05) is 0 Å². The molecule has 0 aromatic rings. The van der Waals surface area contributed by atoms with Gasteiger partial charge in [0.25, 0.3) is 0 Å². The van der Waals surface area contributed by atoms with Crippen LogP contribution in [0.25, 0.3) is 0 Å². The van der Waals surface area contributed by atoms with Gasteiger partial charge < -0.3 is 4.79 Å². The van der Waals surface area contributed by atoms with Crippen molar-refractivity contribution < 1.29 is 4.79 Å². The predicted octanol–water partition coefficient (Wildman–Crippen LogP) is 1.79. The van der Waals surface area contributed by atoms with Gasteiger partial charge in [0.05, 0.1) is 3.42 Å². The van der Waals surface area contributed by atoms with Crippen LogP contribution in [0.1, 0.15) is 20.3 Å². The van der Waals surface area contributed by atoms with Crippen LogP contribution in [0.5, 0.6) is 0 Å². The monoisotopic (exact) mass is 212 g/mol. The zero-order valence-corrected chi connectivity index (χ0v) is 6.73. The van der Waals surface area contributed by atoms with Gasteiger partial charge in [-0.25, -0.2) is 0 Å². The predicted molar refractivity (Wildman–Crippen MR) is 38.8 cm³/mol. The van der Waals surface area contributed by atoms with Crippen molar-refractivity contribution in [1.29, 1.82) is 0 Å². The molecule has 0 aromatic carbocycles. The van der Waals surface area contributed by atoms with Gasteiger partial charge in [0.15, 0.2) is 0 Å². The van der Waals surface area contributed by atoms with Gasteiger partial charge in [-0.1, -0.05) is 29.5 Å². The minimum absolute atomic E-state index is 0.127. The van der Waals surface area contributed by atoms with Crippen LogP contribution in [0.4, 0.5) is 0 Å². The molecule has 0 rings (SSSR count). The minimum atomic E-state index is -0.127. The Morgan fingerprint density at radius 2 is 2.29 bits per heavy atom. The van der Waals surface area contributed by atoms with Crippen molar-refractivity contribution in [2.75, 3.05) is 0 Å². The van der Waals surface area contributed by atoms with Crippen molar-refractivity contribution in [3.63, 3.8) is 0 Å².